The molecule has 0 N–H and O–H groups in total. The van der Waals surface area contributed by atoms with E-state index in [9.17, 15) is 4.21 Å². The van der Waals surface area contributed by atoms with Gasteiger partial charge in [-0.2, -0.15) is 0 Å². The van der Waals surface area contributed by atoms with Crippen LogP contribution >= 0.6 is 0 Å². The van der Waals surface area contributed by atoms with Gasteiger partial charge in [0.25, 0.3) is 0 Å². The summed E-state index contributed by atoms with van der Waals surface area (Å²) in [6.07, 6.45) is 6.75. The zero-order valence-electron chi connectivity index (χ0n) is 8.07. The van der Waals surface area contributed by atoms with Crippen LogP contribution in [0.25, 0.3) is 0 Å². The van der Waals surface area contributed by atoms with Crippen LogP contribution in [0.4, 0.5) is 0 Å². The second kappa shape index (κ2) is 3.93. The third kappa shape index (κ3) is 1.85. The van der Waals surface area contributed by atoms with Crippen molar-refractivity contribution in [3.05, 3.63) is 53.0 Å². The lowest BCUT2D eigenvalue weighted by Crippen LogP contribution is -1.93. The molecule has 2 rings (SSSR count). The normalized spacial score (nSPS) is 16.8. The second-order valence-corrected chi connectivity index (χ2v) is 4.88. The van der Waals surface area contributed by atoms with Crippen molar-refractivity contribution < 1.29 is 4.21 Å². The zero-order chi connectivity index (χ0) is 9.97. The topological polar surface area (TPSA) is 17.1 Å². The predicted octanol–water partition coefficient (Wildman–Crippen LogP) is 2.95. The maximum atomic E-state index is 12.0. The third-order valence-electron chi connectivity index (χ3n) is 2.21. The Morgan fingerprint density at radius 2 is 1.93 bits per heavy atom. The van der Waals surface area contributed by atoms with Gasteiger partial charge in [0.2, 0.25) is 0 Å². The van der Waals surface area contributed by atoms with Gasteiger partial charge in [0.15, 0.2) is 0 Å². The van der Waals surface area contributed by atoms with Gasteiger partial charge in [-0.05, 0) is 31.6 Å². The van der Waals surface area contributed by atoms with Crippen LogP contribution in [-0.2, 0) is 10.8 Å². The van der Waals surface area contributed by atoms with Gasteiger partial charge >= 0.3 is 0 Å². The first kappa shape index (κ1) is 9.41. The first-order valence-corrected chi connectivity index (χ1v) is 5.76. The average molecular weight is 204 g/mol. The van der Waals surface area contributed by atoms with Gasteiger partial charge in [0.05, 0.1) is 10.8 Å². The standard InChI is InChI=1S/C12H12OS/c1-10-6-8-12(9-7-10)14(13)11-4-2-3-5-11/h2-4,6-9H,5H2,1H3. The lowest BCUT2D eigenvalue weighted by atomic mass is 10.2. The summed E-state index contributed by atoms with van der Waals surface area (Å²) in [5.41, 5.74) is 1.20. The first-order chi connectivity index (χ1) is 6.77. The van der Waals surface area contributed by atoms with Crippen LogP contribution in [-0.4, -0.2) is 4.21 Å². The fourth-order valence-corrected chi connectivity index (χ4v) is 2.51. The summed E-state index contributed by atoms with van der Waals surface area (Å²) in [5.74, 6) is 0. The number of hydrogen-bond acceptors (Lipinski definition) is 1. The van der Waals surface area contributed by atoms with E-state index in [1.165, 1.54) is 5.56 Å². The summed E-state index contributed by atoms with van der Waals surface area (Å²) in [5, 5.41) is 0. The molecular formula is C12H12OS. The van der Waals surface area contributed by atoms with Crippen LogP contribution < -0.4 is 0 Å². The number of allylic oxidation sites excluding steroid dienone is 4. The highest BCUT2D eigenvalue weighted by Crippen LogP contribution is 2.21. The highest BCUT2D eigenvalue weighted by molar-refractivity contribution is 7.89. The third-order valence-corrected chi connectivity index (χ3v) is 3.69. The van der Waals surface area contributed by atoms with E-state index in [1.54, 1.807) is 0 Å². The van der Waals surface area contributed by atoms with E-state index in [2.05, 4.69) is 0 Å². The smallest absolute Gasteiger partial charge is 0.0811 e. The van der Waals surface area contributed by atoms with Gasteiger partial charge in [-0.15, -0.1) is 0 Å². The molecule has 0 aliphatic heterocycles. The number of aryl methyl sites for hydroxylation is 1. The summed E-state index contributed by atoms with van der Waals surface area (Å²) < 4.78 is 12.0. The van der Waals surface area contributed by atoms with E-state index in [1.807, 2.05) is 49.4 Å². The van der Waals surface area contributed by atoms with E-state index in [0.717, 1.165) is 16.2 Å². The summed E-state index contributed by atoms with van der Waals surface area (Å²) >= 11 is 0. The Balaban J connectivity index is 2.23. The molecule has 1 aliphatic rings. The van der Waals surface area contributed by atoms with E-state index < -0.39 is 10.8 Å². The molecule has 2 heteroatoms. The molecule has 0 saturated heterocycles. The van der Waals surface area contributed by atoms with E-state index in [4.69, 9.17) is 0 Å². The van der Waals surface area contributed by atoms with Gasteiger partial charge in [-0.3, -0.25) is 0 Å². The van der Waals surface area contributed by atoms with Crippen molar-refractivity contribution in [2.24, 2.45) is 0 Å². The molecule has 0 radical (unpaired) electrons. The lowest BCUT2D eigenvalue weighted by molar-refractivity contribution is 0.686. The molecule has 1 aliphatic carbocycles. The number of rotatable bonds is 2. The van der Waals surface area contributed by atoms with Crippen LogP contribution in [0.1, 0.15) is 12.0 Å². The lowest BCUT2D eigenvalue weighted by Gasteiger charge is -2.02. The molecule has 0 aromatic heterocycles. The molecule has 1 aromatic rings. The summed E-state index contributed by atoms with van der Waals surface area (Å²) in [7, 11) is -0.968. The molecule has 0 heterocycles. The van der Waals surface area contributed by atoms with Crippen LogP contribution in [0.2, 0.25) is 0 Å². The summed E-state index contributed by atoms with van der Waals surface area (Å²) in [6.45, 7) is 2.03. The fourth-order valence-electron chi connectivity index (χ4n) is 1.38. The Hall–Kier alpha value is -1.15. The Bertz CT molecular complexity index is 412. The molecule has 14 heavy (non-hydrogen) atoms. The van der Waals surface area contributed by atoms with Crippen LogP contribution in [0.15, 0.2) is 52.3 Å². The Labute approximate surface area is 86.6 Å². The van der Waals surface area contributed by atoms with Crippen LogP contribution in [0.5, 0.6) is 0 Å². The molecular weight excluding hydrogens is 192 g/mol. The van der Waals surface area contributed by atoms with Crippen molar-refractivity contribution in [3.8, 4) is 0 Å². The minimum Gasteiger partial charge on any atom is -0.249 e. The molecule has 0 saturated carbocycles. The Kier molecular flexibility index (Phi) is 2.64. The van der Waals surface area contributed by atoms with Crippen molar-refractivity contribution in [3.63, 3.8) is 0 Å². The van der Waals surface area contributed by atoms with Gasteiger partial charge < -0.3 is 0 Å². The van der Waals surface area contributed by atoms with Gasteiger partial charge in [-0.1, -0.05) is 29.8 Å². The monoisotopic (exact) mass is 204 g/mol. The molecule has 0 fully saturated rings. The van der Waals surface area contributed by atoms with E-state index in [-0.39, 0.29) is 0 Å². The van der Waals surface area contributed by atoms with Gasteiger partial charge in [-0.25, -0.2) is 4.21 Å². The van der Waals surface area contributed by atoms with E-state index >= 15 is 0 Å². The van der Waals surface area contributed by atoms with Gasteiger partial charge in [0, 0.05) is 9.80 Å². The quantitative estimate of drug-likeness (QED) is 0.724. The molecule has 1 aromatic carbocycles. The minimum atomic E-state index is -0.968. The molecule has 1 atom stereocenters. The maximum Gasteiger partial charge on any atom is 0.0811 e. The van der Waals surface area contributed by atoms with Crippen molar-refractivity contribution in [1.82, 2.24) is 0 Å². The zero-order valence-corrected chi connectivity index (χ0v) is 8.88. The largest absolute Gasteiger partial charge is 0.249 e. The molecule has 72 valence electrons. The molecule has 1 unspecified atom stereocenters. The second-order valence-electron chi connectivity index (χ2n) is 3.35. The van der Waals surface area contributed by atoms with Crippen molar-refractivity contribution >= 4 is 10.8 Å². The number of hydrogen-bond donors (Lipinski definition) is 0. The molecule has 0 spiro atoms. The summed E-state index contributed by atoms with van der Waals surface area (Å²) in [6, 6.07) is 7.86. The van der Waals surface area contributed by atoms with Crippen molar-refractivity contribution in [1.29, 1.82) is 0 Å². The highest BCUT2D eigenvalue weighted by atomic mass is 32.2. The van der Waals surface area contributed by atoms with Crippen molar-refractivity contribution in [2.75, 3.05) is 0 Å². The SMILES string of the molecule is Cc1ccc(S(=O)C2=CC=CC2)cc1. The highest BCUT2D eigenvalue weighted by Gasteiger charge is 2.10. The first-order valence-electron chi connectivity index (χ1n) is 4.61. The summed E-state index contributed by atoms with van der Waals surface area (Å²) in [4.78, 5) is 1.89. The average Bonchev–Trinajstić information content (AvgIpc) is 2.71. The molecule has 1 nitrogen and oxygen atoms in total. The predicted molar refractivity (Wildman–Crippen MR) is 59.4 cm³/mol. The molecule has 0 bridgehead atoms. The van der Waals surface area contributed by atoms with Crippen LogP contribution in [0, 0.1) is 6.92 Å². The number of benzene rings is 1. The molecule has 0 amide bonds. The minimum absolute atomic E-state index is 0.820. The fraction of sp³-hybridized carbons (Fsp3) is 0.167. The van der Waals surface area contributed by atoms with Crippen LogP contribution in [0.3, 0.4) is 0 Å². The Morgan fingerprint density at radius 3 is 2.50 bits per heavy atom. The Morgan fingerprint density at radius 1 is 1.21 bits per heavy atom. The van der Waals surface area contributed by atoms with Gasteiger partial charge in [0.1, 0.15) is 0 Å². The maximum absolute atomic E-state index is 12.0. The van der Waals surface area contributed by atoms with E-state index in [0.29, 0.717) is 0 Å². The van der Waals surface area contributed by atoms with Crippen molar-refractivity contribution in [2.45, 2.75) is 18.2 Å².